The van der Waals surface area contributed by atoms with Crippen molar-refractivity contribution in [1.29, 1.82) is 0 Å². The van der Waals surface area contributed by atoms with Crippen LogP contribution < -0.4 is 20.1 Å². The lowest BCUT2D eigenvalue weighted by Gasteiger charge is -2.35. The van der Waals surface area contributed by atoms with Crippen molar-refractivity contribution in [3.8, 4) is 11.5 Å². The van der Waals surface area contributed by atoms with E-state index >= 15 is 0 Å². The predicted octanol–water partition coefficient (Wildman–Crippen LogP) is 0.560. The van der Waals surface area contributed by atoms with Gasteiger partial charge in [0, 0.05) is 53.0 Å². The largest absolute Gasteiger partial charge is 0.454 e. The van der Waals surface area contributed by atoms with Crippen molar-refractivity contribution in [1.82, 2.24) is 20.4 Å². The van der Waals surface area contributed by atoms with Crippen LogP contribution in [0.15, 0.2) is 18.2 Å². The van der Waals surface area contributed by atoms with E-state index in [1.165, 1.54) is 0 Å². The molecule has 0 atom stereocenters. The Bertz CT molecular complexity index is 680. The normalized spacial score (nSPS) is 16.1. The first-order chi connectivity index (χ1) is 13.7. The molecule has 0 aromatic heterocycles. The van der Waals surface area contributed by atoms with E-state index < -0.39 is 0 Å². The zero-order valence-electron chi connectivity index (χ0n) is 16.2. The highest BCUT2D eigenvalue weighted by Crippen LogP contribution is 2.32. The summed E-state index contributed by atoms with van der Waals surface area (Å²) in [6.07, 6.45) is 0.833. The lowest BCUT2D eigenvalue weighted by Crippen LogP contribution is -2.53. The Labute approximate surface area is 171 Å². The van der Waals surface area contributed by atoms with Crippen LogP contribution >= 0.6 is 12.2 Å². The number of piperazine rings is 1. The summed E-state index contributed by atoms with van der Waals surface area (Å²) in [4.78, 5) is 16.3. The number of methoxy groups -OCH3 is 1. The fraction of sp³-hybridized carbons (Fsp3) is 0.579. The zero-order valence-corrected chi connectivity index (χ0v) is 17.1. The first-order valence-corrected chi connectivity index (χ1v) is 9.96. The second-order valence-corrected chi connectivity index (χ2v) is 7.19. The van der Waals surface area contributed by atoms with Crippen LogP contribution in [0.25, 0.3) is 0 Å². The third-order valence-corrected chi connectivity index (χ3v) is 5.16. The fourth-order valence-electron chi connectivity index (χ4n) is 3.15. The van der Waals surface area contributed by atoms with Crippen molar-refractivity contribution in [2.75, 3.05) is 59.8 Å². The van der Waals surface area contributed by atoms with Gasteiger partial charge in [0.1, 0.15) is 0 Å². The Balaban J connectivity index is 1.34. The van der Waals surface area contributed by atoms with E-state index in [-0.39, 0.29) is 12.7 Å². The molecule has 1 aromatic rings. The second-order valence-electron chi connectivity index (χ2n) is 6.81. The molecule has 1 fully saturated rings. The molecule has 3 rings (SSSR count). The summed E-state index contributed by atoms with van der Waals surface area (Å²) in [6.45, 7) is 5.91. The van der Waals surface area contributed by atoms with Crippen LogP contribution in [-0.4, -0.2) is 80.6 Å². The minimum Gasteiger partial charge on any atom is -0.454 e. The monoisotopic (exact) mass is 408 g/mol. The molecular formula is C19H28N4O4S. The van der Waals surface area contributed by atoms with Crippen molar-refractivity contribution in [3.63, 3.8) is 0 Å². The molecule has 0 spiro atoms. The van der Waals surface area contributed by atoms with E-state index in [4.69, 9.17) is 26.4 Å². The number of carbonyl (C=O) groups excluding carboxylic acids is 1. The lowest BCUT2D eigenvalue weighted by atomic mass is 10.2. The van der Waals surface area contributed by atoms with Gasteiger partial charge >= 0.3 is 0 Å². The van der Waals surface area contributed by atoms with Crippen LogP contribution in [0.2, 0.25) is 0 Å². The molecule has 0 unspecified atom stereocenters. The van der Waals surface area contributed by atoms with Gasteiger partial charge in [-0.3, -0.25) is 9.69 Å². The number of amides is 1. The van der Waals surface area contributed by atoms with Crippen LogP contribution in [0, 0.1) is 0 Å². The van der Waals surface area contributed by atoms with Gasteiger partial charge in [0.25, 0.3) is 0 Å². The SMILES string of the molecule is COCCCNC(=O)CN1CCN(C(=S)NCc2ccc3c(c2)OCO3)CC1. The average Bonchev–Trinajstić information content (AvgIpc) is 3.18. The third kappa shape index (κ3) is 5.95. The second kappa shape index (κ2) is 10.4. The number of rotatable bonds is 8. The van der Waals surface area contributed by atoms with Gasteiger partial charge in [0.2, 0.25) is 12.7 Å². The lowest BCUT2D eigenvalue weighted by molar-refractivity contribution is -0.122. The molecule has 2 aliphatic rings. The molecule has 0 saturated carbocycles. The maximum absolute atomic E-state index is 12.0. The summed E-state index contributed by atoms with van der Waals surface area (Å²) in [7, 11) is 1.66. The van der Waals surface area contributed by atoms with E-state index in [0.717, 1.165) is 54.8 Å². The van der Waals surface area contributed by atoms with Crippen molar-refractivity contribution < 1.29 is 19.0 Å². The number of ether oxygens (including phenoxy) is 3. The molecule has 2 N–H and O–H groups in total. The Hall–Kier alpha value is -2.10. The number of nitrogens with one attached hydrogen (secondary N) is 2. The van der Waals surface area contributed by atoms with Gasteiger partial charge < -0.3 is 29.7 Å². The van der Waals surface area contributed by atoms with E-state index in [9.17, 15) is 4.79 Å². The highest BCUT2D eigenvalue weighted by Gasteiger charge is 2.20. The van der Waals surface area contributed by atoms with Crippen molar-refractivity contribution in [3.05, 3.63) is 23.8 Å². The van der Waals surface area contributed by atoms with E-state index in [1.807, 2.05) is 18.2 Å². The smallest absolute Gasteiger partial charge is 0.234 e. The number of fused-ring (bicyclic) bond motifs is 1. The molecule has 1 aromatic carbocycles. The molecule has 2 aliphatic heterocycles. The molecule has 8 nitrogen and oxygen atoms in total. The van der Waals surface area contributed by atoms with Crippen LogP contribution in [-0.2, 0) is 16.1 Å². The number of hydrogen-bond donors (Lipinski definition) is 2. The maximum Gasteiger partial charge on any atom is 0.234 e. The summed E-state index contributed by atoms with van der Waals surface area (Å²) >= 11 is 5.53. The van der Waals surface area contributed by atoms with E-state index in [0.29, 0.717) is 26.2 Å². The number of benzene rings is 1. The quantitative estimate of drug-likeness (QED) is 0.478. The molecular weight excluding hydrogens is 380 g/mol. The number of nitrogens with zero attached hydrogens (tertiary/aromatic N) is 2. The topological polar surface area (TPSA) is 75.3 Å². The van der Waals surface area contributed by atoms with Crippen molar-refractivity contribution in [2.24, 2.45) is 0 Å². The zero-order chi connectivity index (χ0) is 19.8. The van der Waals surface area contributed by atoms with Gasteiger partial charge in [-0.2, -0.15) is 0 Å². The number of carbonyl (C=O) groups is 1. The Morgan fingerprint density at radius 1 is 1.18 bits per heavy atom. The fourth-order valence-corrected chi connectivity index (χ4v) is 3.41. The molecule has 1 amide bonds. The van der Waals surface area contributed by atoms with Gasteiger partial charge in [-0.25, -0.2) is 0 Å². The summed E-state index contributed by atoms with van der Waals surface area (Å²) < 4.78 is 15.7. The first-order valence-electron chi connectivity index (χ1n) is 9.55. The van der Waals surface area contributed by atoms with Gasteiger partial charge in [-0.1, -0.05) is 6.07 Å². The number of thiocarbonyl (C=S) groups is 1. The summed E-state index contributed by atoms with van der Waals surface area (Å²) in [5.74, 6) is 1.62. The molecule has 154 valence electrons. The van der Waals surface area contributed by atoms with Crippen LogP contribution in [0.1, 0.15) is 12.0 Å². The van der Waals surface area contributed by atoms with Crippen LogP contribution in [0.5, 0.6) is 11.5 Å². The summed E-state index contributed by atoms with van der Waals surface area (Å²) in [5, 5.41) is 6.97. The van der Waals surface area contributed by atoms with Gasteiger partial charge in [0.05, 0.1) is 6.54 Å². The molecule has 1 saturated heterocycles. The van der Waals surface area contributed by atoms with E-state index in [2.05, 4.69) is 20.4 Å². The summed E-state index contributed by atoms with van der Waals surface area (Å²) in [6, 6.07) is 5.90. The minimum absolute atomic E-state index is 0.0630. The minimum atomic E-state index is 0.0630. The van der Waals surface area contributed by atoms with Gasteiger partial charge in [-0.15, -0.1) is 0 Å². The van der Waals surface area contributed by atoms with Crippen molar-refractivity contribution in [2.45, 2.75) is 13.0 Å². The van der Waals surface area contributed by atoms with Crippen LogP contribution in [0.3, 0.4) is 0 Å². The van der Waals surface area contributed by atoms with Gasteiger partial charge in [0.15, 0.2) is 16.6 Å². The standard InChI is InChI=1S/C19H28N4O4S/c1-25-10-2-5-20-18(24)13-22-6-8-23(9-7-22)19(28)21-12-15-3-4-16-17(11-15)27-14-26-16/h3-4,11H,2,5-10,12-14H2,1H3,(H,20,24)(H,21,28). The highest BCUT2D eigenvalue weighted by atomic mass is 32.1. The highest BCUT2D eigenvalue weighted by molar-refractivity contribution is 7.80. The molecule has 2 heterocycles. The van der Waals surface area contributed by atoms with Gasteiger partial charge in [-0.05, 0) is 36.3 Å². The number of hydrogen-bond acceptors (Lipinski definition) is 6. The van der Waals surface area contributed by atoms with Crippen LogP contribution in [0.4, 0.5) is 0 Å². The van der Waals surface area contributed by atoms with Crippen molar-refractivity contribution >= 4 is 23.2 Å². The third-order valence-electron chi connectivity index (χ3n) is 4.75. The predicted molar refractivity (Wildman–Crippen MR) is 110 cm³/mol. The molecule has 28 heavy (non-hydrogen) atoms. The summed E-state index contributed by atoms with van der Waals surface area (Å²) in [5.41, 5.74) is 1.09. The maximum atomic E-state index is 12.0. The molecule has 0 bridgehead atoms. The Morgan fingerprint density at radius 2 is 1.96 bits per heavy atom. The molecule has 0 aliphatic carbocycles. The first kappa shape index (κ1) is 20.6. The molecule has 0 radical (unpaired) electrons. The Morgan fingerprint density at radius 3 is 2.75 bits per heavy atom. The molecule has 9 heteroatoms. The Kier molecular flexibility index (Phi) is 7.70. The average molecular weight is 409 g/mol. The van der Waals surface area contributed by atoms with E-state index in [1.54, 1.807) is 7.11 Å².